The lowest BCUT2D eigenvalue weighted by Crippen LogP contribution is -2.33. The van der Waals surface area contributed by atoms with Gasteiger partial charge < -0.3 is 14.8 Å². The largest absolute Gasteiger partial charge is 0.481 e. The normalized spacial score (nSPS) is 12.1. The number of rotatable bonds is 6. The van der Waals surface area contributed by atoms with Gasteiger partial charge in [0.15, 0.2) is 10.8 Å². The molecule has 0 radical (unpaired) electrons. The van der Waals surface area contributed by atoms with Crippen molar-refractivity contribution in [3.05, 3.63) is 29.5 Å². The number of nitrogens with one attached hydrogen (secondary N) is 1. The van der Waals surface area contributed by atoms with Crippen LogP contribution in [0, 0.1) is 0 Å². The number of nitrogens with zero attached hydrogens (tertiary/aromatic N) is 1. The highest BCUT2D eigenvalue weighted by atomic mass is 32.1. The van der Waals surface area contributed by atoms with Crippen LogP contribution in [0.1, 0.15) is 30.3 Å². The van der Waals surface area contributed by atoms with Crippen LogP contribution in [0.25, 0.3) is 10.8 Å². The molecule has 0 aliphatic carbocycles. The molecule has 2 aromatic heterocycles. The zero-order chi connectivity index (χ0) is 14.5. The summed E-state index contributed by atoms with van der Waals surface area (Å²) in [6, 6.07) is 3.31. The van der Waals surface area contributed by atoms with Gasteiger partial charge in [0.1, 0.15) is 5.69 Å². The summed E-state index contributed by atoms with van der Waals surface area (Å²) in [5.41, 5.74) is 0.309. The van der Waals surface area contributed by atoms with Crippen molar-refractivity contribution in [2.75, 3.05) is 0 Å². The lowest BCUT2D eigenvalue weighted by atomic mass is 10.2. The highest BCUT2D eigenvalue weighted by Crippen LogP contribution is 2.23. The second kappa shape index (κ2) is 6.33. The molecule has 6 nitrogen and oxygen atoms in total. The first-order valence-electron chi connectivity index (χ1n) is 6.08. The fourth-order valence-corrected chi connectivity index (χ4v) is 2.37. The number of hydrogen-bond donors (Lipinski definition) is 2. The van der Waals surface area contributed by atoms with Gasteiger partial charge in [-0.15, -0.1) is 11.3 Å². The van der Waals surface area contributed by atoms with E-state index in [1.54, 1.807) is 30.7 Å². The van der Waals surface area contributed by atoms with Crippen molar-refractivity contribution < 1.29 is 19.1 Å². The Morgan fingerprint density at radius 1 is 1.55 bits per heavy atom. The van der Waals surface area contributed by atoms with E-state index in [-0.39, 0.29) is 18.4 Å². The molecule has 0 saturated carbocycles. The van der Waals surface area contributed by atoms with E-state index in [0.29, 0.717) is 22.9 Å². The third-order valence-electron chi connectivity index (χ3n) is 2.64. The Labute approximate surface area is 119 Å². The SMILES string of the molecule is CC(CCC(=O)O)NC(=O)c1csc(-c2ccco2)n1. The van der Waals surface area contributed by atoms with Crippen LogP contribution in [-0.4, -0.2) is 28.0 Å². The number of carboxylic acids is 1. The van der Waals surface area contributed by atoms with Crippen molar-refractivity contribution in [1.82, 2.24) is 10.3 Å². The van der Waals surface area contributed by atoms with Crippen molar-refractivity contribution in [3.63, 3.8) is 0 Å². The minimum Gasteiger partial charge on any atom is -0.481 e. The molecule has 0 aromatic carbocycles. The Bertz CT molecular complexity index is 591. The lowest BCUT2D eigenvalue weighted by Gasteiger charge is -2.11. The van der Waals surface area contributed by atoms with Gasteiger partial charge in [-0.2, -0.15) is 0 Å². The molecule has 106 valence electrons. The van der Waals surface area contributed by atoms with E-state index in [4.69, 9.17) is 9.52 Å². The lowest BCUT2D eigenvalue weighted by molar-refractivity contribution is -0.137. The minimum atomic E-state index is -0.875. The van der Waals surface area contributed by atoms with E-state index in [2.05, 4.69) is 10.3 Å². The number of aliphatic carboxylic acids is 1. The standard InChI is InChI=1S/C13H14N2O4S/c1-8(4-5-11(16)17)14-12(18)9-7-20-13(15-9)10-3-2-6-19-10/h2-3,6-8H,4-5H2,1H3,(H,14,18)(H,16,17). The Kier molecular flexibility index (Phi) is 4.52. The first-order chi connectivity index (χ1) is 9.56. The van der Waals surface area contributed by atoms with E-state index in [0.717, 1.165) is 0 Å². The number of thiazole rings is 1. The number of hydrogen-bond acceptors (Lipinski definition) is 5. The van der Waals surface area contributed by atoms with Crippen LogP contribution in [0.4, 0.5) is 0 Å². The fourth-order valence-electron chi connectivity index (χ4n) is 1.60. The summed E-state index contributed by atoms with van der Waals surface area (Å²) in [7, 11) is 0. The number of carboxylic acid groups (broad SMARTS) is 1. The first kappa shape index (κ1) is 14.3. The highest BCUT2D eigenvalue weighted by molar-refractivity contribution is 7.13. The quantitative estimate of drug-likeness (QED) is 0.853. The van der Waals surface area contributed by atoms with Gasteiger partial charge in [-0.1, -0.05) is 0 Å². The van der Waals surface area contributed by atoms with Gasteiger partial charge in [-0.05, 0) is 25.5 Å². The first-order valence-corrected chi connectivity index (χ1v) is 6.96. The Hall–Kier alpha value is -2.15. The van der Waals surface area contributed by atoms with Gasteiger partial charge in [0.05, 0.1) is 6.26 Å². The topological polar surface area (TPSA) is 92.4 Å². The monoisotopic (exact) mass is 294 g/mol. The molecule has 0 fully saturated rings. The van der Waals surface area contributed by atoms with Crippen molar-refractivity contribution in [2.45, 2.75) is 25.8 Å². The molecule has 1 amide bonds. The van der Waals surface area contributed by atoms with Crippen molar-refractivity contribution in [3.8, 4) is 10.8 Å². The molecule has 0 aliphatic rings. The van der Waals surface area contributed by atoms with Gasteiger partial charge in [-0.25, -0.2) is 4.98 Å². The molecule has 7 heteroatoms. The van der Waals surface area contributed by atoms with Gasteiger partial charge >= 0.3 is 5.97 Å². The molecule has 2 aromatic rings. The summed E-state index contributed by atoms with van der Waals surface area (Å²) in [6.07, 6.45) is 1.96. The maximum absolute atomic E-state index is 11.9. The number of carbonyl (C=O) groups is 2. The van der Waals surface area contributed by atoms with Crippen molar-refractivity contribution in [2.24, 2.45) is 0 Å². The maximum Gasteiger partial charge on any atom is 0.303 e. The van der Waals surface area contributed by atoms with E-state index < -0.39 is 5.97 Å². The fraction of sp³-hybridized carbons (Fsp3) is 0.308. The number of amides is 1. The average Bonchev–Trinajstić information content (AvgIpc) is 3.06. The van der Waals surface area contributed by atoms with Crippen molar-refractivity contribution in [1.29, 1.82) is 0 Å². The van der Waals surface area contributed by atoms with Crippen LogP contribution >= 0.6 is 11.3 Å². The number of carbonyl (C=O) groups excluding carboxylic acids is 1. The second-order valence-corrected chi connectivity index (χ2v) is 5.18. The molecule has 1 unspecified atom stereocenters. The Balaban J connectivity index is 1.94. The third kappa shape index (κ3) is 3.67. The van der Waals surface area contributed by atoms with Crippen LogP contribution in [0.15, 0.2) is 28.2 Å². The molecule has 0 aliphatic heterocycles. The zero-order valence-electron chi connectivity index (χ0n) is 10.8. The number of aromatic nitrogens is 1. The highest BCUT2D eigenvalue weighted by Gasteiger charge is 2.15. The molecule has 0 bridgehead atoms. The molecule has 0 saturated heterocycles. The molecule has 0 spiro atoms. The maximum atomic E-state index is 11.9. The summed E-state index contributed by atoms with van der Waals surface area (Å²) in [5, 5.41) is 13.6. The van der Waals surface area contributed by atoms with Crippen LogP contribution in [0.5, 0.6) is 0 Å². The molecule has 2 heterocycles. The summed E-state index contributed by atoms with van der Waals surface area (Å²) in [4.78, 5) is 26.6. The van der Waals surface area contributed by atoms with Gasteiger partial charge in [0.2, 0.25) is 0 Å². The van der Waals surface area contributed by atoms with E-state index in [1.807, 2.05) is 0 Å². The molecule has 20 heavy (non-hydrogen) atoms. The van der Waals surface area contributed by atoms with Crippen molar-refractivity contribution >= 4 is 23.2 Å². The van der Waals surface area contributed by atoms with E-state index >= 15 is 0 Å². The Morgan fingerprint density at radius 3 is 3.00 bits per heavy atom. The van der Waals surface area contributed by atoms with E-state index in [1.165, 1.54) is 11.3 Å². The van der Waals surface area contributed by atoms with Gasteiger partial charge in [0.25, 0.3) is 5.91 Å². The third-order valence-corrected chi connectivity index (χ3v) is 3.49. The predicted octanol–water partition coefficient (Wildman–Crippen LogP) is 2.39. The second-order valence-electron chi connectivity index (χ2n) is 4.32. The smallest absolute Gasteiger partial charge is 0.303 e. The van der Waals surface area contributed by atoms with Gasteiger partial charge in [-0.3, -0.25) is 9.59 Å². The minimum absolute atomic E-state index is 0.0240. The number of furan rings is 1. The summed E-state index contributed by atoms with van der Waals surface area (Å²) >= 11 is 1.32. The van der Waals surface area contributed by atoms with Crippen LogP contribution in [0.2, 0.25) is 0 Å². The summed E-state index contributed by atoms with van der Waals surface area (Å²) in [6.45, 7) is 1.76. The average molecular weight is 294 g/mol. The predicted molar refractivity (Wildman–Crippen MR) is 73.6 cm³/mol. The van der Waals surface area contributed by atoms with Gasteiger partial charge in [0, 0.05) is 17.8 Å². The Morgan fingerprint density at radius 2 is 2.35 bits per heavy atom. The summed E-state index contributed by atoms with van der Waals surface area (Å²) < 4.78 is 5.21. The van der Waals surface area contributed by atoms with Crippen LogP contribution in [0.3, 0.4) is 0 Å². The summed E-state index contributed by atoms with van der Waals surface area (Å²) in [5.74, 6) is -0.565. The molecular formula is C13H14N2O4S. The molecule has 1 atom stereocenters. The van der Waals surface area contributed by atoms with Crippen LogP contribution in [-0.2, 0) is 4.79 Å². The van der Waals surface area contributed by atoms with Crippen LogP contribution < -0.4 is 5.32 Å². The molecule has 2 N–H and O–H groups in total. The zero-order valence-corrected chi connectivity index (χ0v) is 11.6. The molecular weight excluding hydrogens is 280 g/mol. The molecule has 2 rings (SSSR count). The van der Waals surface area contributed by atoms with E-state index in [9.17, 15) is 9.59 Å².